The number of rotatable bonds is 8. The van der Waals surface area contributed by atoms with Crippen LogP contribution < -0.4 is 5.32 Å². The van der Waals surface area contributed by atoms with Gasteiger partial charge in [0.15, 0.2) is 0 Å². The topological polar surface area (TPSA) is 21.3 Å². The lowest BCUT2D eigenvalue weighted by Gasteiger charge is -2.26. The Balaban J connectivity index is 2.47. The van der Waals surface area contributed by atoms with Crippen LogP contribution in [0, 0.1) is 5.41 Å². The molecule has 1 atom stereocenters. The molecule has 0 aliphatic rings. The lowest BCUT2D eigenvalue weighted by molar-refractivity contribution is 0.196. The largest absolute Gasteiger partial charge is 0.383 e. The van der Waals surface area contributed by atoms with E-state index in [0.29, 0.717) is 0 Å². The Morgan fingerprint density at radius 2 is 2.06 bits per heavy atom. The zero-order chi connectivity index (χ0) is 12.6. The van der Waals surface area contributed by atoms with Gasteiger partial charge in [0.05, 0.1) is 6.61 Å². The molecule has 1 aromatic carbocycles. The molecule has 1 aromatic rings. The molecule has 94 valence electrons. The molecule has 2 heteroatoms. The molecular formula is C15H23NO. The summed E-state index contributed by atoms with van der Waals surface area (Å²) in [6, 6.07) is 10.5. The van der Waals surface area contributed by atoms with Gasteiger partial charge in [-0.15, -0.1) is 6.58 Å². The molecule has 0 amide bonds. The third kappa shape index (κ3) is 5.16. The third-order valence-electron chi connectivity index (χ3n) is 2.96. The van der Waals surface area contributed by atoms with Crippen LogP contribution in [0.2, 0.25) is 0 Å². The van der Waals surface area contributed by atoms with Gasteiger partial charge in [-0.1, -0.05) is 43.3 Å². The second kappa shape index (κ2) is 7.25. The molecule has 1 rings (SSSR count). The molecule has 0 fully saturated rings. The van der Waals surface area contributed by atoms with Crippen LogP contribution in [-0.2, 0) is 11.2 Å². The average molecular weight is 233 g/mol. The highest BCUT2D eigenvalue weighted by Gasteiger charge is 2.20. The first-order valence-corrected chi connectivity index (χ1v) is 6.07. The van der Waals surface area contributed by atoms with Crippen molar-refractivity contribution in [3.05, 3.63) is 48.6 Å². The van der Waals surface area contributed by atoms with Crippen molar-refractivity contribution in [1.82, 2.24) is 5.32 Å². The Morgan fingerprint density at radius 1 is 1.35 bits per heavy atom. The first-order valence-electron chi connectivity index (χ1n) is 6.07. The number of hydrogen-bond acceptors (Lipinski definition) is 2. The Bertz CT molecular complexity index is 323. The maximum absolute atomic E-state index is 5.02. The molecule has 0 saturated carbocycles. The number of ether oxygens (including phenoxy) is 1. The molecule has 0 aliphatic heterocycles. The van der Waals surface area contributed by atoms with Crippen molar-refractivity contribution in [3.8, 4) is 0 Å². The van der Waals surface area contributed by atoms with E-state index in [-0.39, 0.29) is 5.41 Å². The van der Waals surface area contributed by atoms with Crippen LogP contribution in [0.15, 0.2) is 43.0 Å². The van der Waals surface area contributed by atoms with Crippen LogP contribution in [0.5, 0.6) is 0 Å². The summed E-state index contributed by atoms with van der Waals surface area (Å²) >= 11 is 0. The summed E-state index contributed by atoms with van der Waals surface area (Å²) < 4.78 is 5.02. The molecule has 1 N–H and O–H groups in total. The maximum atomic E-state index is 5.02. The van der Waals surface area contributed by atoms with Crippen molar-refractivity contribution in [2.24, 2.45) is 5.41 Å². The van der Waals surface area contributed by atoms with Gasteiger partial charge in [0, 0.05) is 25.6 Å². The first-order chi connectivity index (χ1) is 8.20. The monoisotopic (exact) mass is 233 g/mol. The van der Waals surface area contributed by atoms with E-state index in [1.807, 2.05) is 12.1 Å². The molecule has 0 heterocycles. The molecular weight excluding hydrogens is 210 g/mol. The van der Waals surface area contributed by atoms with Crippen LogP contribution >= 0.6 is 0 Å². The summed E-state index contributed by atoms with van der Waals surface area (Å²) in [5.41, 5.74) is 1.44. The van der Waals surface area contributed by atoms with Crippen molar-refractivity contribution in [3.63, 3.8) is 0 Å². The van der Waals surface area contributed by atoms with E-state index in [4.69, 9.17) is 4.74 Å². The van der Waals surface area contributed by atoms with Gasteiger partial charge in [-0.05, 0) is 12.0 Å². The van der Waals surface area contributed by atoms with Crippen molar-refractivity contribution in [1.29, 1.82) is 0 Å². The second-order valence-corrected chi connectivity index (χ2v) is 4.69. The molecule has 0 saturated heterocycles. The number of hydrogen-bond donors (Lipinski definition) is 1. The molecule has 2 nitrogen and oxygen atoms in total. The van der Waals surface area contributed by atoms with Crippen LogP contribution in [0.3, 0.4) is 0 Å². The molecule has 0 radical (unpaired) electrons. The van der Waals surface area contributed by atoms with E-state index in [1.165, 1.54) is 5.56 Å². The van der Waals surface area contributed by atoms with Crippen molar-refractivity contribution >= 4 is 0 Å². The summed E-state index contributed by atoms with van der Waals surface area (Å²) in [7, 11) is 1.72. The van der Waals surface area contributed by atoms with E-state index in [0.717, 1.165) is 26.1 Å². The summed E-state index contributed by atoms with van der Waals surface area (Å²) in [5, 5.41) is 3.40. The minimum atomic E-state index is 0.0924. The maximum Gasteiger partial charge on any atom is 0.0587 e. The Labute approximate surface area is 105 Å². The average Bonchev–Trinajstić information content (AvgIpc) is 2.36. The van der Waals surface area contributed by atoms with Crippen LogP contribution in [0.4, 0.5) is 0 Å². The Kier molecular flexibility index (Phi) is 5.95. The summed E-state index contributed by atoms with van der Waals surface area (Å²) in [6.45, 7) is 8.74. The highest BCUT2D eigenvalue weighted by Crippen LogP contribution is 2.22. The molecule has 0 aromatic heterocycles. The normalized spacial score (nSPS) is 14.2. The summed E-state index contributed by atoms with van der Waals surface area (Å²) in [4.78, 5) is 0. The Hall–Kier alpha value is -1.12. The molecule has 0 aliphatic carbocycles. The zero-order valence-electron chi connectivity index (χ0n) is 10.9. The smallest absolute Gasteiger partial charge is 0.0587 e. The number of nitrogens with one attached hydrogen (secondary N) is 1. The van der Waals surface area contributed by atoms with Crippen LogP contribution in [0.1, 0.15) is 12.5 Å². The lowest BCUT2D eigenvalue weighted by atomic mass is 9.83. The summed E-state index contributed by atoms with van der Waals surface area (Å²) in [6.07, 6.45) is 3.05. The number of methoxy groups -OCH3 is 1. The first kappa shape index (κ1) is 13.9. The predicted molar refractivity (Wildman–Crippen MR) is 73.2 cm³/mol. The lowest BCUT2D eigenvalue weighted by Crippen LogP contribution is -2.33. The quantitative estimate of drug-likeness (QED) is 0.550. The molecule has 17 heavy (non-hydrogen) atoms. The van der Waals surface area contributed by atoms with E-state index in [9.17, 15) is 0 Å². The fourth-order valence-electron chi connectivity index (χ4n) is 1.82. The van der Waals surface area contributed by atoms with Gasteiger partial charge < -0.3 is 10.1 Å². The van der Waals surface area contributed by atoms with E-state index in [1.54, 1.807) is 7.11 Å². The molecule has 1 unspecified atom stereocenters. The SMILES string of the molecule is C=CC(C)(CNCCOC)Cc1ccccc1. The van der Waals surface area contributed by atoms with Crippen molar-refractivity contribution < 1.29 is 4.74 Å². The van der Waals surface area contributed by atoms with Gasteiger partial charge in [-0.2, -0.15) is 0 Å². The minimum absolute atomic E-state index is 0.0924. The highest BCUT2D eigenvalue weighted by atomic mass is 16.5. The van der Waals surface area contributed by atoms with Gasteiger partial charge in [0.2, 0.25) is 0 Å². The van der Waals surface area contributed by atoms with Gasteiger partial charge in [0.25, 0.3) is 0 Å². The second-order valence-electron chi connectivity index (χ2n) is 4.69. The van der Waals surface area contributed by atoms with Crippen LogP contribution in [-0.4, -0.2) is 26.8 Å². The zero-order valence-corrected chi connectivity index (χ0v) is 10.9. The highest BCUT2D eigenvalue weighted by molar-refractivity contribution is 5.18. The van der Waals surface area contributed by atoms with Gasteiger partial charge in [-0.3, -0.25) is 0 Å². The third-order valence-corrected chi connectivity index (χ3v) is 2.96. The minimum Gasteiger partial charge on any atom is -0.383 e. The molecule has 0 bridgehead atoms. The Morgan fingerprint density at radius 3 is 2.65 bits per heavy atom. The fourth-order valence-corrected chi connectivity index (χ4v) is 1.82. The molecule has 0 spiro atoms. The van der Waals surface area contributed by atoms with E-state index in [2.05, 4.69) is 43.1 Å². The fraction of sp³-hybridized carbons (Fsp3) is 0.467. The van der Waals surface area contributed by atoms with Crippen LogP contribution in [0.25, 0.3) is 0 Å². The summed E-state index contributed by atoms with van der Waals surface area (Å²) in [5.74, 6) is 0. The standard InChI is InChI=1S/C15H23NO/c1-4-15(2,13-16-10-11-17-3)12-14-8-6-5-7-9-14/h4-9,16H,1,10-13H2,2-3H3. The van der Waals surface area contributed by atoms with E-state index >= 15 is 0 Å². The predicted octanol–water partition coefficient (Wildman–Crippen LogP) is 2.66. The van der Waals surface area contributed by atoms with E-state index < -0.39 is 0 Å². The number of benzene rings is 1. The van der Waals surface area contributed by atoms with Gasteiger partial charge in [0.1, 0.15) is 0 Å². The van der Waals surface area contributed by atoms with Crippen molar-refractivity contribution in [2.45, 2.75) is 13.3 Å². The van der Waals surface area contributed by atoms with Gasteiger partial charge >= 0.3 is 0 Å². The van der Waals surface area contributed by atoms with Crippen molar-refractivity contribution in [2.75, 3.05) is 26.8 Å². The van der Waals surface area contributed by atoms with Gasteiger partial charge in [-0.25, -0.2) is 0 Å².